The highest BCUT2D eigenvalue weighted by atomic mass is 16.5. The second-order valence-electron chi connectivity index (χ2n) is 6.13. The molecule has 0 spiro atoms. The van der Waals surface area contributed by atoms with E-state index in [9.17, 15) is 4.79 Å². The molecule has 1 unspecified atom stereocenters. The van der Waals surface area contributed by atoms with Crippen molar-refractivity contribution in [3.63, 3.8) is 0 Å². The standard InChI is InChI=1S/C16H25NO2/c1-16(2,3)13-9-7-12(8-10-13)14(17(4)5)11-15(18)19-6/h7-10,14H,11H2,1-6H3. The van der Waals surface area contributed by atoms with Gasteiger partial charge in [0.2, 0.25) is 0 Å². The van der Waals surface area contributed by atoms with Gasteiger partial charge in [-0.15, -0.1) is 0 Å². The Bertz CT molecular complexity index is 415. The maximum absolute atomic E-state index is 11.5. The molecule has 1 aromatic rings. The van der Waals surface area contributed by atoms with Crippen LogP contribution in [0.3, 0.4) is 0 Å². The SMILES string of the molecule is COC(=O)CC(c1ccc(C(C)(C)C)cc1)N(C)C. The summed E-state index contributed by atoms with van der Waals surface area (Å²) in [4.78, 5) is 13.5. The van der Waals surface area contributed by atoms with Crippen LogP contribution in [0.25, 0.3) is 0 Å². The van der Waals surface area contributed by atoms with Crippen molar-refractivity contribution >= 4 is 5.97 Å². The maximum Gasteiger partial charge on any atom is 0.307 e. The van der Waals surface area contributed by atoms with Crippen LogP contribution in [-0.2, 0) is 14.9 Å². The first-order valence-corrected chi connectivity index (χ1v) is 6.59. The van der Waals surface area contributed by atoms with Crippen molar-refractivity contribution in [3.8, 4) is 0 Å². The fourth-order valence-corrected chi connectivity index (χ4v) is 2.05. The van der Waals surface area contributed by atoms with Gasteiger partial charge in [-0.05, 0) is 30.6 Å². The molecule has 0 amide bonds. The first-order valence-electron chi connectivity index (χ1n) is 6.59. The number of hydrogen-bond acceptors (Lipinski definition) is 3. The van der Waals surface area contributed by atoms with Crippen molar-refractivity contribution in [1.29, 1.82) is 0 Å². The lowest BCUT2D eigenvalue weighted by molar-refractivity contribution is -0.141. The predicted molar refractivity (Wildman–Crippen MR) is 78.2 cm³/mol. The Morgan fingerprint density at radius 3 is 2.11 bits per heavy atom. The Morgan fingerprint density at radius 1 is 1.21 bits per heavy atom. The molecular formula is C16H25NO2. The average molecular weight is 263 g/mol. The van der Waals surface area contributed by atoms with Crippen LogP contribution in [0.1, 0.15) is 44.4 Å². The topological polar surface area (TPSA) is 29.5 Å². The number of ether oxygens (including phenoxy) is 1. The molecule has 0 aliphatic rings. The molecule has 0 fully saturated rings. The van der Waals surface area contributed by atoms with Gasteiger partial charge in [0.05, 0.1) is 13.5 Å². The molecule has 0 aliphatic heterocycles. The summed E-state index contributed by atoms with van der Waals surface area (Å²) < 4.78 is 4.76. The molecule has 3 heteroatoms. The minimum Gasteiger partial charge on any atom is -0.469 e. The molecule has 0 N–H and O–H groups in total. The highest BCUT2D eigenvalue weighted by molar-refractivity contribution is 5.70. The quantitative estimate of drug-likeness (QED) is 0.782. The molecular weight excluding hydrogens is 238 g/mol. The summed E-state index contributed by atoms with van der Waals surface area (Å²) in [5, 5.41) is 0. The van der Waals surface area contributed by atoms with Gasteiger partial charge in [-0.1, -0.05) is 45.0 Å². The number of methoxy groups -OCH3 is 1. The van der Waals surface area contributed by atoms with Crippen molar-refractivity contribution in [2.45, 2.75) is 38.6 Å². The van der Waals surface area contributed by atoms with Gasteiger partial charge < -0.3 is 9.64 Å². The van der Waals surface area contributed by atoms with Crippen molar-refractivity contribution in [2.24, 2.45) is 0 Å². The second-order valence-corrected chi connectivity index (χ2v) is 6.13. The number of benzene rings is 1. The van der Waals surface area contributed by atoms with Gasteiger partial charge in [0.15, 0.2) is 0 Å². The van der Waals surface area contributed by atoms with Crippen LogP contribution in [0.5, 0.6) is 0 Å². The summed E-state index contributed by atoms with van der Waals surface area (Å²) in [6, 6.07) is 8.55. The number of carbonyl (C=O) groups excluding carboxylic acids is 1. The highest BCUT2D eigenvalue weighted by Gasteiger charge is 2.20. The Labute approximate surface area is 116 Å². The van der Waals surface area contributed by atoms with Crippen molar-refractivity contribution in [1.82, 2.24) is 4.90 Å². The summed E-state index contributed by atoms with van der Waals surface area (Å²) in [6.07, 6.45) is 0.373. The molecule has 106 valence electrons. The molecule has 0 saturated carbocycles. The van der Waals surface area contributed by atoms with Crippen LogP contribution < -0.4 is 0 Å². The van der Waals surface area contributed by atoms with E-state index in [1.54, 1.807) is 0 Å². The first kappa shape index (κ1) is 15.7. The second kappa shape index (κ2) is 6.20. The molecule has 3 nitrogen and oxygen atoms in total. The van der Waals surface area contributed by atoms with Gasteiger partial charge in [-0.25, -0.2) is 0 Å². The van der Waals surface area contributed by atoms with E-state index in [1.807, 2.05) is 19.0 Å². The number of esters is 1. The maximum atomic E-state index is 11.5. The largest absolute Gasteiger partial charge is 0.469 e. The molecule has 0 radical (unpaired) electrons. The lowest BCUT2D eigenvalue weighted by atomic mass is 9.86. The van der Waals surface area contributed by atoms with E-state index in [0.717, 1.165) is 5.56 Å². The van der Waals surface area contributed by atoms with Crippen molar-refractivity contribution < 1.29 is 9.53 Å². The highest BCUT2D eigenvalue weighted by Crippen LogP contribution is 2.27. The first-order chi connectivity index (χ1) is 8.75. The monoisotopic (exact) mass is 263 g/mol. The Kier molecular flexibility index (Phi) is 5.12. The third-order valence-electron chi connectivity index (χ3n) is 3.37. The fraction of sp³-hybridized carbons (Fsp3) is 0.562. The summed E-state index contributed by atoms with van der Waals surface area (Å²) in [5.74, 6) is -0.182. The average Bonchev–Trinajstić information content (AvgIpc) is 2.34. The van der Waals surface area contributed by atoms with E-state index in [-0.39, 0.29) is 17.4 Å². The molecule has 0 heterocycles. The predicted octanol–water partition coefficient (Wildman–Crippen LogP) is 3.15. The van der Waals surface area contributed by atoms with Gasteiger partial charge >= 0.3 is 5.97 Å². The van der Waals surface area contributed by atoms with Crippen LogP contribution in [0, 0.1) is 0 Å². The van der Waals surface area contributed by atoms with Gasteiger partial charge in [-0.2, -0.15) is 0 Å². The minimum atomic E-state index is -0.182. The number of carbonyl (C=O) groups is 1. The van der Waals surface area contributed by atoms with Gasteiger partial charge in [0.25, 0.3) is 0 Å². The van der Waals surface area contributed by atoms with Crippen molar-refractivity contribution in [2.75, 3.05) is 21.2 Å². The normalized spacial score (nSPS) is 13.4. The van der Waals surface area contributed by atoms with Crippen LogP contribution in [0.4, 0.5) is 0 Å². The van der Waals surface area contributed by atoms with Gasteiger partial charge in [0.1, 0.15) is 0 Å². The van der Waals surface area contributed by atoms with Gasteiger partial charge in [0, 0.05) is 6.04 Å². The summed E-state index contributed by atoms with van der Waals surface area (Å²) in [5.41, 5.74) is 2.59. The Balaban J connectivity index is 2.95. The Morgan fingerprint density at radius 2 is 1.74 bits per heavy atom. The van der Waals surface area contributed by atoms with E-state index in [4.69, 9.17) is 4.74 Å². The Hall–Kier alpha value is -1.35. The van der Waals surface area contributed by atoms with Crippen LogP contribution in [0.15, 0.2) is 24.3 Å². The van der Waals surface area contributed by atoms with Crippen LogP contribution in [-0.4, -0.2) is 32.1 Å². The van der Waals surface area contributed by atoms with Gasteiger partial charge in [-0.3, -0.25) is 4.79 Å². The zero-order valence-corrected chi connectivity index (χ0v) is 12.9. The van der Waals surface area contributed by atoms with Crippen LogP contribution in [0.2, 0.25) is 0 Å². The fourth-order valence-electron chi connectivity index (χ4n) is 2.05. The third-order valence-corrected chi connectivity index (χ3v) is 3.37. The number of rotatable bonds is 4. The van der Waals surface area contributed by atoms with E-state index in [0.29, 0.717) is 6.42 Å². The molecule has 0 saturated heterocycles. The zero-order valence-electron chi connectivity index (χ0n) is 12.9. The molecule has 1 rings (SSSR count). The molecule has 0 aliphatic carbocycles. The van der Waals surface area contributed by atoms with Crippen molar-refractivity contribution in [3.05, 3.63) is 35.4 Å². The van der Waals surface area contributed by atoms with E-state index < -0.39 is 0 Å². The number of nitrogens with zero attached hydrogens (tertiary/aromatic N) is 1. The minimum absolute atomic E-state index is 0.0569. The molecule has 0 bridgehead atoms. The molecule has 1 aromatic carbocycles. The molecule has 19 heavy (non-hydrogen) atoms. The summed E-state index contributed by atoms with van der Waals surface area (Å²) in [6.45, 7) is 6.58. The lowest BCUT2D eigenvalue weighted by Gasteiger charge is -2.25. The lowest BCUT2D eigenvalue weighted by Crippen LogP contribution is -2.23. The zero-order chi connectivity index (χ0) is 14.6. The molecule has 1 atom stereocenters. The third kappa shape index (κ3) is 4.35. The van der Waals surface area contributed by atoms with E-state index in [1.165, 1.54) is 12.7 Å². The summed E-state index contributed by atoms with van der Waals surface area (Å²) >= 11 is 0. The summed E-state index contributed by atoms with van der Waals surface area (Å²) in [7, 11) is 5.38. The van der Waals surface area contributed by atoms with E-state index >= 15 is 0 Å². The molecule has 0 aromatic heterocycles. The smallest absolute Gasteiger partial charge is 0.307 e. The van der Waals surface area contributed by atoms with E-state index in [2.05, 4.69) is 45.0 Å². The van der Waals surface area contributed by atoms with Crippen LogP contribution >= 0.6 is 0 Å². The number of hydrogen-bond donors (Lipinski definition) is 0.